The van der Waals surface area contributed by atoms with Crippen LogP contribution < -0.4 is 5.32 Å². The smallest absolute Gasteiger partial charge is 0.256 e. The lowest BCUT2D eigenvalue weighted by Gasteiger charge is -2.10. The Morgan fingerprint density at radius 1 is 1.20 bits per heavy atom. The van der Waals surface area contributed by atoms with Crippen molar-refractivity contribution < 1.29 is 9.90 Å². The molecule has 0 bridgehead atoms. The van der Waals surface area contributed by atoms with Gasteiger partial charge in [0.15, 0.2) is 0 Å². The zero-order valence-electron chi connectivity index (χ0n) is 10.7. The summed E-state index contributed by atoms with van der Waals surface area (Å²) in [5.41, 5.74) is 1.96. The van der Waals surface area contributed by atoms with Gasteiger partial charge in [-0.1, -0.05) is 28.1 Å². The van der Waals surface area contributed by atoms with Crippen molar-refractivity contribution in [1.29, 1.82) is 0 Å². The molecule has 0 aliphatic rings. The first-order chi connectivity index (χ1) is 9.47. The minimum absolute atomic E-state index is 0.207. The number of hydrogen-bond donors (Lipinski definition) is 2. The maximum Gasteiger partial charge on any atom is 0.256 e. The maximum atomic E-state index is 12.2. The molecule has 2 rings (SSSR count). The third-order valence-electron chi connectivity index (χ3n) is 2.80. The molecule has 5 heteroatoms. The van der Waals surface area contributed by atoms with E-state index in [2.05, 4.69) is 37.2 Å². The standard InChI is InChI=1S/C15H13Br2NO2/c1-9(19)10-3-2-4-12(7-10)18-15(20)13-8-11(16)5-6-14(13)17/h2-9,19H,1H3,(H,18,20)/t9-/m1/s1. The predicted molar refractivity (Wildman–Crippen MR) is 86.9 cm³/mol. The van der Waals surface area contributed by atoms with Gasteiger partial charge in [-0.25, -0.2) is 0 Å². The minimum atomic E-state index is -0.565. The van der Waals surface area contributed by atoms with Crippen molar-refractivity contribution in [3.05, 3.63) is 62.5 Å². The molecule has 3 nitrogen and oxygen atoms in total. The quantitative estimate of drug-likeness (QED) is 0.798. The molecular formula is C15H13Br2NO2. The van der Waals surface area contributed by atoms with Crippen molar-refractivity contribution in [2.24, 2.45) is 0 Å². The summed E-state index contributed by atoms with van der Waals surface area (Å²) in [6.07, 6.45) is -0.565. The predicted octanol–water partition coefficient (Wildman–Crippen LogP) is 4.52. The molecule has 0 heterocycles. The highest BCUT2D eigenvalue weighted by Crippen LogP contribution is 2.23. The summed E-state index contributed by atoms with van der Waals surface area (Å²) in [5, 5.41) is 12.4. The number of anilines is 1. The Hall–Kier alpha value is -1.17. The van der Waals surface area contributed by atoms with E-state index in [1.807, 2.05) is 18.2 Å². The van der Waals surface area contributed by atoms with Gasteiger partial charge in [-0.15, -0.1) is 0 Å². The van der Waals surface area contributed by atoms with E-state index >= 15 is 0 Å². The summed E-state index contributed by atoms with van der Waals surface area (Å²) >= 11 is 6.71. The molecule has 0 unspecified atom stereocenters. The molecule has 1 amide bonds. The van der Waals surface area contributed by atoms with Gasteiger partial charge in [-0.3, -0.25) is 4.79 Å². The Bertz CT molecular complexity index is 642. The van der Waals surface area contributed by atoms with Crippen LogP contribution >= 0.6 is 31.9 Å². The number of halogens is 2. The molecule has 0 spiro atoms. The normalized spacial score (nSPS) is 12.0. The molecule has 0 saturated carbocycles. The molecule has 20 heavy (non-hydrogen) atoms. The SMILES string of the molecule is C[C@@H](O)c1cccc(NC(=O)c2cc(Br)ccc2Br)c1. The van der Waals surface area contributed by atoms with E-state index in [1.54, 1.807) is 31.2 Å². The van der Waals surface area contributed by atoms with Crippen LogP contribution in [0.2, 0.25) is 0 Å². The van der Waals surface area contributed by atoms with Crippen LogP contribution in [0.4, 0.5) is 5.69 Å². The Balaban J connectivity index is 2.23. The van der Waals surface area contributed by atoms with E-state index in [9.17, 15) is 9.90 Å². The zero-order valence-corrected chi connectivity index (χ0v) is 13.9. The lowest BCUT2D eigenvalue weighted by Crippen LogP contribution is -2.12. The second kappa shape index (κ2) is 6.52. The Labute approximate surface area is 134 Å². The number of amides is 1. The van der Waals surface area contributed by atoms with Gasteiger partial charge in [0.25, 0.3) is 5.91 Å². The van der Waals surface area contributed by atoms with Crippen molar-refractivity contribution in [2.75, 3.05) is 5.32 Å². The fourth-order valence-electron chi connectivity index (χ4n) is 1.75. The van der Waals surface area contributed by atoms with Crippen LogP contribution in [0.3, 0.4) is 0 Å². The van der Waals surface area contributed by atoms with Gasteiger partial charge in [0, 0.05) is 14.6 Å². The van der Waals surface area contributed by atoms with E-state index in [-0.39, 0.29) is 5.91 Å². The first kappa shape index (κ1) is 15.2. The third kappa shape index (κ3) is 3.69. The molecule has 0 aromatic heterocycles. The molecule has 2 aromatic rings. The van der Waals surface area contributed by atoms with Gasteiger partial charge >= 0.3 is 0 Å². The second-order valence-electron chi connectivity index (χ2n) is 4.38. The number of nitrogens with one attached hydrogen (secondary N) is 1. The Morgan fingerprint density at radius 2 is 1.95 bits per heavy atom. The van der Waals surface area contributed by atoms with Crippen molar-refractivity contribution >= 4 is 43.5 Å². The van der Waals surface area contributed by atoms with E-state index in [1.165, 1.54) is 0 Å². The molecule has 104 valence electrons. The molecule has 0 aliphatic carbocycles. The van der Waals surface area contributed by atoms with Crippen LogP contribution in [0.5, 0.6) is 0 Å². The lowest BCUT2D eigenvalue weighted by molar-refractivity contribution is 0.102. The summed E-state index contributed by atoms with van der Waals surface area (Å²) in [4.78, 5) is 12.2. The van der Waals surface area contributed by atoms with Gasteiger partial charge in [-0.2, -0.15) is 0 Å². The monoisotopic (exact) mass is 397 g/mol. The summed E-state index contributed by atoms with van der Waals surface area (Å²) in [6, 6.07) is 12.6. The highest BCUT2D eigenvalue weighted by atomic mass is 79.9. The summed E-state index contributed by atoms with van der Waals surface area (Å²) in [6.45, 7) is 1.69. The molecule has 0 saturated heterocycles. The molecule has 0 radical (unpaired) electrons. The van der Waals surface area contributed by atoms with Gasteiger partial charge in [0.05, 0.1) is 11.7 Å². The molecule has 1 atom stereocenters. The van der Waals surface area contributed by atoms with Crippen molar-refractivity contribution in [3.8, 4) is 0 Å². The van der Waals surface area contributed by atoms with Crippen molar-refractivity contribution in [2.45, 2.75) is 13.0 Å². The van der Waals surface area contributed by atoms with Crippen LogP contribution in [-0.2, 0) is 0 Å². The highest BCUT2D eigenvalue weighted by molar-refractivity contribution is 9.11. The first-order valence-electron chi connectivity index (χ1n) is 6.02. The van der Waals surface area contributed by atoms with Crippen LogP contribution in [0.15, 0.2) is 51.4 Å². The molecular weight excluding hydrogens is 386 g/mol. The summed E-state index contributed by atoms with van der Waals surface area (Å²) in [7, 11) is 0. The number of benzene rings is 2. The van der Waals surface area contributed by atoms with E-state index in [0.717, 1.165) is 14.5 Å². The maximum absolute atomic E-state index is 12.2. The number of aliphatic hydroxyl groups is 1. The molecule has 0 aliphatic heterocycles. The topological polar surface area (TPSA) is 49.3 Å². The lowest BCUT2D eigenvalue weighted by atomic mass is 10.1. The minimum Gasteiger partial charge on any atom is -0.389 e. The summed E-state index contributed by atoms with van der Waals surface area (Å²) < 4.78 is 1.56. The average molecular weight is 399 g/mol. The number of rotatable bonds is 3. The Morgan fingerprint density at radius 3 is 2.65 bits per heavy atom. The van der Waals surface area contributed by atoms with E-state index in [0.29, 0.717) is 11.3 Å². The van der Waals surface area contributed by atoms with Gasteiger partial charge in [0.1, 0.15) is 0 Å². The number of carbonyl (C=O) groups is 1. The van der Waals surface area contributed by atoms with E-state index in [4.69, 9.17) is 0 Å². The largest absolute Gasteiger partial charge is 0.389 e. The fourth-order valence-corrected chi connectivity index (χ4v) is 2.53. The highest BCUT2D eigenvalue weighted by Gasteiger charge is 2.11. The number of aliphatic hydroxyl groups excluding tert-OH is 1. The zero-order chi connectivity index (χ0) is 14.7. The number of hydrogen-bond acceptors (Lipinski definition) is 2. The second-order valence-corrected chi connectivity index (χ2v) is 6.15. The summed E-state index contributed by atoms with van der Waals surface area (Å²) in [5.74, 6) is -0.207. The Kier molecular flexibility index (Phi) is 4.96. The van der Waals surface area contributed by atoms with Crippen molar-refractivity contribution in [3.63, 3.8) is 0 Å². The molecule has 2 N–H and O–H groups in total. The average Bonchev–Trinajstić information content (AvgIpc) is 2.41. The van der Waals surface area contributed by atoms with Gasteiger partial charge in [-0.05, 0) is 58.7 Å². The van der Waals surface area contributed by atoms with E-state index < -0.39 is 6.10 Å². The van der Waals surface area contributed by atoms with Gasteiger partial charge < -0.3 is 10.4 Å². The van der Waals surface area contributed by atoms with Crippen LogP contribution in [0, 0.1) is 0 Å². The van der Waals surface area contributed by atoms with Crippen LogP contribution in [0.25, 0.3) is 0 Å². The molecule has 0 fully saturated rings. The fraction of sp³-hybridized carbons (Fsp3) is 0.133. The number of carbonyl (C=O) groups excluding carboxylic acids is 1. The van der Waals surface area contributed by atoms with Crippen LogP contribution in [-0.4, -0.2) is 11.0 Å². The van der Waals surface area contributed by atoms with Crippen LogP contribution in [0.1, 0.15) is 28.9 Å². The first-order valence-corrected chi connectivity index (χ1v) is 7.60. The van der Waals surface area contributed by atoms with Crippen molar-refractivity contribution in [1.82, 2.24) is 0 Å². The molecule has 2 aromatic carbocycles. The third-order valence-corrected chi connectivity index (χ3v) is 3.98. The van der Waals surface area contributed by atoms with Gasteiger partial charge in [0.2, 0.25) is 0 Å².